The van der Waals surface area contributed by atoms with E-state index in [1.165, 1.54) is 0 Å². The monoisotopic (exact) mass is 279 g/mol. The number of carbonyl (C=O) groups excluding carboxylic acids is 1. The van der Waals surface area contributed by atoms with Crippen LogP contribution in [0.25, 0.3) is 11.1 Å². The van der Waals surface area contributed by atoms with Crippen molar-refractivity contribution in [3.05, 3.63) is 23.2 Å². The number of rotatable bonds is 2. The molecule has 5 nitrogen and oxygen atoms in total. The first-order valence-electron chi connectivity index (χ1n) is 6.24. The van der Waals surface area contributed by atoms with Gasteiger partial charge in [0.2, 0.25) is 5.91 Å². The maximum absolute atomic E-state index is 11.3. The molecule has 100 valence electrons. The number of nitrogens with zero attached hydrogens (tertiary/aromatic N) is 2. The Balaban J connectivity index is 1.89. The highest BCUT2D eigenvalue weighted by atomic mass is 35.5. The number of carbonyl (C=O) groups is 1. The first kappa shape index (κ1) is 12.3. The van der Waals surface area contributed by atoms with Gasteiger partial charge < -0.3 is 15.1 Å². The van der Waals surface area contributed by atoms with Crippen LogP contribution >= 0.6 is 11.6 Å². The van der Waals surface area contributed by atoms with E-state index in [2.05, 4.69) is 4.98 Å². The average Bonchev–Trinajstić information content (AvgIpc) is 2.81. The Bertz CT molecular complexity index is 625. The zero-order chi connectivity index (χ0) is 13.4. The number of amides is 1. The zero-order valence-electron chi connectivity index (χ0n) is 10.3. The van der Waals surface area contributed by atoms with Gasteiger partial charge in [0.15, 0.2) is 5.58 Å². The van der Waals surface area contributed by atoms with Gasteiger partial charge in [-0.3, -0.25) is 4.79 Å². The van der Waals surface area contributed by atoms with Crippen molar-refractivity contribution in [3.8, 4) is 0 Å². The highest BCUT2D eigenvalue weighted by molar-refractivity contribution is 6.31. The summed E-state index contributed by atoms with van der Waals surface area (Å²) in [7, 11) is 0. The molecule has 1 aliphatic rings. The van der Waals surface area contributed by atoms with Crippen molar-refractivity contribution in [3.63, 3.8) is 0 Å². The number of aromatic nitrogens is 1. The average molecular weight is 280 g/mol. The van der Waals surface area contributed by atoms with Gasteiger partial charge in [0.1, 0.15) is 5.52 Å². The number of hydrogen-bond donors (Lipinski definition) is 1. The van der Waals surface area contributed by atoms with E-state index in [1.54, 1.807) is 12.1 Å². The van der Waals surface area contributed by atoms with Crippen LogP contribution in [0.1, 0.15) is 12.8 Å². The van der Waals surface area contributed by atoms with Crippen molar-refractivity contribution >= 4 is 34.6 Å². The van der Waals surface area contributed by atoms with Crippen LogP contribution in [-0.2, 0) is 4.79 Å². The number of primary amides is 1. The summed E-state index contributed by atoms with van der Waals surface area (Å²) in [5.41, 5.74) is 6.79. The minimum Gasteiger partial charge on any atom is -0.423 e. The molecule has 0 bridgehead atoms. The standard InChI is InChI=1S/C13H14ClN3O2/c14-9-3-4-10-11(6-9)19-13(16-10)17-5-1-2-8(7-17)12(15)18/h3-4,6,8H,1-2,5,7H2,(H2,15,18). The summed E-state index contributed by atoms with van der Waals surface area (Å²) in [5, 5.41) is 0.615. The fraction of sp³-hybridized carbons (Fsp3) is 0.385. The lowest BCUT2D eigenvalue weighted by Gasteiger charge is -2.29. The largest absolute Gasteiger partial charge is 0.423 e. The van der Waals surface area contributed by atoms with Crippen molar-refractivity contribution in [1.82, 2.24) is 4.98 Å². The van der Waals surface area contributed by atoms with Gasteiger partial charge in [0.25, 0.3) is 6.01 Å². The van der Waals surface area contributed by atoms with Crippen LogP contribution in [0, 0.1) is 5.92 Å². The predicted octanol–water partition coefficient (Wildman–Crippen LogP) is 2.18. The van der Waals surface area contributed by atoms with Gasteiger partial charge in [-0.05, 0) is 25.0 Å². The third-order valence-corrected chi connectivity index (χ3v) is 3.67. The molecule has 1 saturated heterocycles. The number of halogens is 1. The summed E-state index contributed by atoms with van der Waals surface area (Å²) in [4.78, 5) is 17.7. The van der Waals surface area contributed by atoms with Crippen LogP contribution in [0.3, 0.4) is 0 Å². The molecule has 1 aliphatic heterocycles. The van der Waals surface area contributed by atoms with E-state index in [0.29, 0.717) is 23.2 Å². The van der Waals surface area contributed by atoms with E-state index in [0.717, 1.165) is 24.9 Å². The molecular weight excluding hydrogens is 266 g/mol. The van der Waals surface area contributed by atoms with Gasteiger partial charge in [0, 0.05) is 24.2 Å². The molecule has 2 N–H and O–H groups in total. The van der Waals surface area contributed by atoms with E-state index in [4.69, 9.17) is 21.8 Å². The van der Waals surface area contributed by atoms with Gasteiger partial charge in [-0.2, -0.15) is 4.98 Å². The molecule has 0 saturated carbocycles. The third-order valence-electron chi connectivity index (χ3n) is 3.43. The number of anilines is 1. The number of oxazole rings is 1. The fourth-order valence-electron chi connectivity index (χ4n) is 2.40. The highest BCUT2D eigenvalue weighted by Crippen LogP contribution is 2.27. The van der Waals surface area contributed by atoms with E-state index in [1.807, 2.05) is 11.0 Å². The van der Waals surface area contributed by atoms with Crippen LogP contribution in [0.4, 0.5) is 6.01 Å². The summed E-state index contributed by atoms with van der Waals surface area (Å²) in [6.07, 6.45) is 1.74. The van der Waals surface area contributed by atoms with Crippen LogP contribution in [0.2, 0.25) is 5.02 Å². The minimum atomic E-state index is -0.260. The molecule has 19 heavy (non-hydrogen) atoms. The van der Waals surface area contributed by atoms with Gasteiger partial charge in [-0.25, -0.2) is 0 Å². The molecule has 3 rings (SSSR count). The molecule has 0 radical (unpaired) electrons. The lowest BCUT2D eigenvalue weighted by atomic mass is 9.98. The minimum absolute atomic E-state index is 0.132. The van der Waals surface area contributed by atoms with Crippen molar-refractivity contribution in [2.75, 3.05) is 18.0 Å². The smallest absolute Gasteiger partial charge is 0.298 e. The molecule has 1 aromatic heterocycles. The summed E-state index contributed by atoms with van der Waals surface area (Å²) in [6.45, 7) is 1.39. The summed E-state index contributed by atoms with van der Waals surface area (Å²) in [5.74, 6) is -0.392. The molecule has 0 spiro atoms. The van der Waals surface area contributed by atoms with Crippen molar-refractivity contribution in [1.29, 1.82) is 0 Å². The number of benzene rings is 1. The molecule has 0 aliphatic carbocycles. The number of piperidine rings is 1. The fourth-order valence-corrected chi connectivity index (χ4v) is 2.57. The van der Waals surface area contributed by atoms with Gasteiger partial charge in [-0.1, -0.05) is 11.6 Å². The lowest BCUT2D eigenvalue weighted by Crippen LogP contribution is -2.41. The van der Waals surface area contributed by atoms with Gasteiger partial charge >= 0.3 is 0 Å². The topological polar surface area (TPSA) is 72.4 Å². The van der Waals surface area contributed by atoms with E-state index in [-0.39, 0.29) is 11.8 Å². The molecule has 2 heterocycles. The number of nitrogens with two attached hydrogens (primary N) is 1. The maximum Gasteiger partial charge on any atom is 0.298 e. The summed E-state index contributed by atoms with van der Waals surface area (Å²) >= 11 is 5.92. The number of fused-ring (bicyclic) bond motifs is 1. The van der Waals surface area contributed by atoms with E-state index >= 15 is 0 Å². The Morgan fingerprint density at radius 2 is 2.37 bits per heavy atom. The Kier molecular flexibility index (Phi) is 3.06. The van der Waals surface area contributed by atoms with Crippen LogP contribution in [0.15, 0.2) is 22.6 Å². The maximum atomic E-state index is 11.3. The van der Waals surface area contributed by atoms with Crippen molar-refractivity contribution in [2.24, 2.45) is 11.7 Å². The molecule has 1 unspecified atom stereocenters. The first-order chi connectivity index (χ1) is 9.13. The summed E-state index contributed by atoms with van der Waals surface area (Å²) in [6, 6.07) is 5.87. The van der Waals surface area contributed by atoms with Gasteiger partial charge in [0.05, 0.1) is 5.92 Å². The highest BCUT2D eigenvalue weighted by Gasteiger charge is 2.26. The molecule has 1 amide bonds. The molecule has 6 heteroatoms. The van der Waals surface area contributed by atoms with Gasteiger partial charge in [-0.15, -0.1) is 0 Å². The molecule has 1 fully saturated rings. The Labute approximate surface area is 115 Å². The second-order valence-electron chi connectivity index (χ2n) is 4.80. The van der Waals surface area contributed by atoms with Crippen LogP contribution in [0.5, 0.6) is 0 Å². The third kappa shape index (κ3) is 2.38. The van der Waals surface area contributed by atoms with Crippen LogP contribution in [-0.4, -0.2) is 24.0 Å². The Hall–Kier alpha value is -1.75. The summed E-state index contributed by atoms with van der Waals surface area (Å²) < 4.78 is 5.69. The lowest BCUT2D eigenvalue weighted by molar-refractivity contribution is -0.122. The second kappa shape index (κ2) is 4.74. The molecule has 1 aromatic carbocycles. The molecule has 2 aromatic rings. The molecule has 1 atom stereocenters. The SMILES string of the molecule is NC(=O)C1CCCN(c2nc3ccc(Cl)cc3o2)C1. The molecular formula is C13H14ClN3O2. The van der Waals surface area contributed by atoms with E-state index < -0.39 is 0 Å². The number of hydrogen-bond acceptors (Lipinski definition) is 4. The van der Waals surface area contributed by atoms with Crippen molar-refractivity contribution in [2.45, 2.75) is 12.8 Å². The Morgan fingerprint density at radius 3 is 3.16 bits per heavy atom. The quantitative estimate of drug-likeness (QED) is 0.914. The zero-order valence-corrected chi connectivity index (χ0v) is 11.1. The first-order valence-corrected chi connectivity index (χ1v) is 6.61. The van der Waals surface area contributed by atoms with E-state index in [9.17, 15) is 4.79 Å². The van der Waals surface area contributed by atoms with Crippen molar-refractivity contribution < 1.29 is 9.21 Å². The normalized spacial score (nSPS) is 19.8. The predicted molar refractivity (Wildman–Crippen MR) is 73.2 cm³/mol. The van der Waals surface area contributed by atoms with Crippen LogP contribution < -0.4 is 10.6 Å². The Morgan fingerprint density at radius 1 is 1.53 bits per heavy atom. The second-order valence-corrected chi connectivity index (χ2v) is 5.23.